The lowest BCUT2D eigenvalue weighted by atomic mass is 10.1. The molecule has 0 aliphatic heterocycles. The molecular formula is C24H19N3O2. The highest BCUT2D eigenvalue weighted by atomic mass is 16.5. The molecule has 2 N–H and O–H groups in total. The molecule has 5 heteroatoms. The molecule has 0 fully saturated rings. The lowest BCUT2D eigenvalue weighted by Crippen LogP contribution is -2.10. The number of rotatable bonds is 4. The second-order valence-corrected chi connectivity index (χ2v) is 6.81. The Morgan fingerprint density at radius 1 is 0.759 bits per heavy atom. The predicted molar refractivity (Wildman–Crippen MR) is 116 cm³/mol. The van der Waals surface area contributed by atoms with E-state index in [4.69, 9.17) is 4.74 Å². The molecule has 2 aromatic heterocycles. The zero-order valence-electron chi connectivity index (χ0n) is 15.8. The minimum absolute atomic E-state index is 0.345. The van der Waals surface area contributed by atoms with E-state index < -0.39 is 0 Å². The highest BCUT2D eigenvalue weighted by molar-refractivity contribution is 6.04. The number of aromatic amines is 2. The minimum atomic E-state index is -0.345. The van der Waals surface area contributed by atoms with Gasteiger partial charge >= 0.3 is 5.97 Å². The van der Waals surface area contributed by atoms with Gasteiger partial charge < -0.3 is 19.6 Å². The fourth-order valence-electron chi connectivity index (χ4n) is 3.75. The third-order valence-electron chi connectivity index (χ3n) is 5.16. The lowest BCUT2D eigenvalue weighted by Gasteiger charge is -2.24. The molecular weight excluding hydrogens is 362 g/mol. The van der Waals surface area contributed by atoms with Crippen molar-refractivity contribution in [3.05, 3.63) is 90.8 Å². The Kier molecular flexibility index (Phi) is 4.06. The minimum Gasteiger partial charge on any atom is -0.465 e. The molecule has 0 bridgehead atoms. The van der Waals surface area contributed by atoms with Crippen LogP contribution in [0.4, 0.5) is 17.1 Å². The Balaban J connectivity index is 1.72. The Morgan fingerprint density at radius 3 is 1.79 bits per heavy atom. The van der Waals surface area contributed by atoms with Crippen molar-refractivity contribution in [2.75, 3.05) is 12.0 Å². The molecule has 142 valence electrons. The summed E-state index contributed by atoms with van der Waals surface area (Å²) in [5.41, 5.74) is 5.69. The maximum Gasteiger partial charge on any atom is 0.337 e. The van der Waals surface area contributed by atoms with Crippen molar-refractivity contribution in [3.63, 3.8) is 0 Å². The summed E-state index contributed by atoms with van der Waals surface area (Å²) in [5.74, 6) is -0.345. The number of hydrogen-bond donors (Lipinski definition) is 2. The van der Waals surface area contributed by atoms with Gasteiger partial charge in [-0.25, -0.2) is 4.79 Å². The number of carbonyl (C=O) groups excluding carboxylic acids is 1. The first kappa shape index (κ1) is 17.1. The molecule has 0 amide bonds. The van der Waals surface area contributed by atoms with E-state index in [9.17, 15) is 4.79 Å². The van der Waals surface area contributed by atoms with Crippen LogP contribution in [0.1, 0.15) is 10.4 Å². The predicted octanol–water partition coefficient (Wildman–Crippen LogP) is 5.91. The molecule has 5 nitrogen and oxygen atoms in total. The standard InChI is InChI=1S/C24H19N3O2/c1-29-24(28)16-10-12-17(13-11-16)27(22-14-25-20-8-4-2-6-18(20)22)23-15-26-21-9-5-3-7-19(21)23/h2-15,25-26H,1H3. The van der Waals surface area contributed by atoms with Crippen LogP contribution in [0.5, 0.6) is 0 Å². The molecule has 0 radical (unpaired) electrons. The van der Waals surface area contributed by atoms with E-state index in [1.54, 1.807) is 12.1 Å². The van der Waals surface area contributed by atoms with Gasteiger partial charge in [-0.1, -0.05) is 36.4 Å². The molecule has 5 rings (SSSR count). The molecule has 0 unspecified atom stereocenters. The van der Waals surface area contributed by atoms with Crippen LogP contribution in [-0.2, 0) is 4.74 Å². The number of hydrogen-bond acceptors (Lipinski definition) is 3. The van der Waals surface area contributed by atoms with Crippen molar-refractivity contribution in [1.82, 2.24) is 9.97 Å². The molecule has 0 spiro atoms. The van der Waals surface area contributed by atoms with Crippen LogP contribution in [0.15, 0.2) is 85.2 Å². The second-order valence-electron chi connectivity index (χ2n) is 6.81. The zero-order valence-corrected chi connectivity index (χ0v) is 15.8. The highest BCUT2D eigenvalue weighted by Gasteiger charge is 2.19. The lowest BCUT2D eigenvalue weighted by molar-refractivity contribution is 0.0601. The molecule has 2 heterocycles. The molecule has 3 aromatic carbocycles. The van der Waals surface area contributed by atoms with Crippen molar-refractivity contribution in [2.45, 2.75) is 0 Å². The van der Waals surface area contributed by atoms with Gasteiger partial charge in [-0.05, 0) is 36.4 Å². The average Bonchev–Trinajstić information content (AvgIpc) is 3.39. The number of benzene rings is 3. The van der Waals surface area contributed by atoms with E-state index in [0.29, 0.717) is 5.56 Å². The van der Waals surface area contributed by atoms with Gasteiger partial charge in [0.1, 0.15) is 0 Å². The van der Waals surface area contributed by atoms with Crippen molar-refractivity contribution in [2.24, 2.45) is 0 Å². The van der Waals surface area contributed by atoms with Gasteiger partial charge in [0.25, 0.3) is 0 Å². The Bertz CT molecular complexity index is 1240. The molecule has 0 atom stereocenters. The Hall–Kier alpha value is -3.99. The fraction of sp³-hybridized carbons (Fsp3) is 0.0417. The molecule has 5 aromatic rings. The number of methoxy groups -OCH3 is 1. The van der Waals surface area contributed by atoms with E-state index in [2.05, 4.69) is 39.1 Å². The number of aromatic nitrogens is 2. The van der Waals surface area contributed by atoms with Crippen molar-refractivity contribution < 1.29 is 9.53 Å². The van der Waals surface area contributed by atoms with E-state index in [-0.39, 0.29) is 5.97 Å². The second kappa shape index (κ2) is 6.87. The van der Waals surface area contributed by atoms with Crippen LogP contribution in [-0.4, -0.2) is 23.0 Å². The van der Waals surface area contributed by atoms with Crippen molar-refractivity contribution >= 4 is 44.8 Å². The smallest absolute Gasteiger partial charge is 0.337 e. The van der Waals surface area contributed by atoms with Crippen molar-refractivity contribution in [1.29, 1.82) is 0 Å². The summed E-state index contributed by atoms with van der Waals surface area (Å²) in [6.45, 7) is 0. The Labute approximate surface area is 167 Å². The summed E-state index contributed by atoms with van der Waals surface area (Å²) in [4.78, 5) is 20.8. The van der Waals surface area contributed by atoms with Gasteiger partial charge in [-0.15, -0.1) is 0 Å². The van der Waals surface area contributed by atoms with Crippen LogP contribution in [0, 0.1) is 0 Å². The van der Waals surface area contributed by atoms with E-state index in [1.165, 1.54) is 7.11 Å². The first-order valence-corrected chi connectivity index (χ1v) is 9.37. The van der Waals surface area contributed by atoms with Crippen LogP contribution >= 0.6 is 0 Å². The van der Waals surface area contributed by atoms with Gasteiger partial charge in [0.05, 0.1) is 24.0 Å². The maximum atomic E-state index is 11.9. The summed E-state index contributed by atoms with van der Waals surface area (Å²) in [6.07, 6.45) is 4.03. The number of nitrogens with one attached hydrogen (secondary N) is 2. The Morgan fingerprint density at radius 2 is 1.28 bits per heavy atom. The van der Waals surface area contributed by atoms with E-state index >= 15 is 0 Å². The van der Waals surface area contributed by atoms with Crippen LogP contribution in [0.3, 0.4) is 0 Å². The molecule has 29 heavy (non-hydrogen) atoms. The van der Waals surface area contributed by atoms with Crippen LogP contribution in [0.2, 0.25) is 0 Å². The summed E-state index contributed by atoms with van der Waals surface area (Å²) in [7, 11) is 1.39. The topological polar surface area (TPSA) is 61.1 Å². The normalized spacial score (nSPS) is 11.1. The fourth-order valence-corrected chi connectivity index (χ4v) is 3.75. The van der Waals surface area contributed by atoms with Gasteiger partial charge in [0, 0.05) is 39.9 Å². The van der Waals surface area contributed by atoms with Gasteiger partial charge in [-0.3, -0.25) is 0 Å². The number of nitrogens with zero attached hydrogens (tertiary/aromatic N) is 1. The number of esters is 1. The van der Waals surface area contributed by atoms with E-state index in [0.717, 1.165) is 38.9 Å². The summed E-state index contributed by atoms with van der Waals surface area (Å²) in [6, 6.07) is 23.9. The molecule has 0 aliphatic carbocycles. The summed E-state index contributed by atoms with van der Waals surface area (Å²) >= 11 is 0. The first-order chi connectivity index (χ1) is 14.3. The number of H-pyrrole nitrogens is 2. The van der Waals surface area contributed by atoms with Gasteiger partial charge in [-0.2, -0.15) is 0 Å². The SMILES string of the molecule is COC(=O)c1ccc(N(c2c[nH]c3ccccc23)c2c[nH]c3ccccc23)cc1. The summed E-state index contributed by atoms with van der Waals surface area (Å²) in [5, 5.41) is 2.24. The number of carbonyl (C=O) groups is 1. The van der Waals surface area contributed by atoms with Crippen LogP contribution in [0.25, 0.3) is 21.8 Å². The largest absolute Gasteiger partial charge is 0.465 e. The molecule has 0 saturated heterocycles. The first-order valence-electron chi connectivity index (χ1n) is 9.37. The molecule has 0 saturated carbocycles. The maximum absolute atomic E-state index is 11.9. The zero-order chi connectivity index (χ0) is 19.8. The van der Waals surface area contributed by atoms with Crippen LogP contribution < -0.4 is 4.90 Å². The third-order valence-corrected chi connectivity index (χ3v) is 5.16. The molecule has 0 aliphatic rings. The average molecular weight is 381 g/mol. The third kappa shape index (κ3) is 2.84. The number of para-hydroxylation sites is 2. The highest BCUT2D eigenvalue weighted by Crippen LogP contribution is 2.41. The van der Waals surface area contributed by atoms with Gasteiger partial charge in [0.2, 0.25) is 0 Å². The number of anilines is 3. The van der Waals surface area contributed by atoms with E-state index in [1.807, 2.05) is 48.8 Å². The summed E-state index contributed by atoms with van der Waals surface area (Å²) < 4.78 is 4.83. The number of fused-ring (bicyclic) bond motifs is 2. The number of ether oxygens (including phenoxy) is 1. The quantitative estimate of drug-likeness (QED) is 0.381. The van der Waals surface area contributed by atoms with Gasteiger partial charge in [0.15, 0.2) is 0 Å². The monoisotopic (exact) mass is 381 g/mol. The van der Waals surface area contributed by atoms with Crippen molar-refractivity contribution in [3.8, 4) is 0 Å².